The van der Waals surface area contributed by atoms with Crippen molar-refractivity contribution < 1.29 is 9.90 Å². The van der Waals surface area contributed by atoms with Crippen molar-refractivity contribution in [3.8, 4) is 17.2 Å². The van der Waals surface area contributed by atoms with Gasteiger partial charge in [-0.3, -0.25) is 0 Å². The molecule has 0 unspecified atom stereocenters. The second-order valence-corrected chi connectivity index (χ2v) is 5.53. The monoisotopic (exact) mass is 253 g/mol. The first-order chi connectivity index (χ1) is 8.88. The summed E-state index contributed by atoms with van der Waals surface area (Å²) in [5, 5.41) is 18.9. The number of hydrogen-bond acceptors (Lipinski definition) is 2. The summed E-state index contributed by atoms with van der Waals surface area (Å²) in [4.78, 5) is 11.6. The molecule has 0 bridgehead atoms. The highest BCUT2D eigenvalue weighted by Crippen LogP contribution is 2.41. The first-order valence-electron chi connectivity index (χ1n) is 6.06. The Labute approximate surface area is 112 Å². The van der Waals surface area contributed by atoms with Gasteiger partial charge >= 0.3 is 5.97 Å². The lowest BCUT2D eigenvalue weighted by Gasteiger charge is -2.19. The van der Waals surface area contributed by atoms with Crippen molar-refractivity contribution in [1.29, 1.82) is 5.26 Å². The standard InChI is InChI=1S/C16H15NO2/c1-16(2,3)14-12(9-17)10-7-5-4-6-8-11(10)13(14)15(18)19/h4-8H,1-3H3,(H,18,19). The van der Waals surface area contributed by atoms with E-state index in [-0.39, 0.29) is 5.56 Å². The fraction of sp³-hybridized carbons (Fsp3) is 0.250. The van der Waals surface area contributed by atoms with Crippen molar-refractivity contribution in [1.82, 2.24) is 0 Å². The van der Waals surface area contributed by atoms with Crippen LogP contribution in [0.5, 0.6) is 0 Å². The Bertz CT molecular complexity index is 660. The van der Waals surface area contributed by atoms with Crippen molar-refractivity contribution in [2.75, 3.05) is 0 Å². The minimum absolute atomic E-state index is 0.246. The highest BCUT2D eigenvalue weighted by atomic mass is 16.4. The van der Waals surface area contributed by atoms with E-state index < -0.39 is 11.4 Å². The molecular formula is C16H15NO2. The molecule has 19 heavy (non-hydrogen) atoms. The lowest BCUT2D eigenvalue weighted by Crippen LogP contribution is -2.16. The largest absolute Gasteiger partial charge is 0.478 e. The number of hydrogen-bond donors (Lipinski definition) is 1. The first-order valence-corrected chi connectivity index (χ1v) is 6.06. The van der Waals surface area contributed by atoms with E-state index >= 15 is 0 Å². The Morgan fingerprint density at radius 3 is 2.21 bits per heavy atom. The highest BCUT2D eigenvalue weighted by molar-refractivity contribution is 6.02. The van der Waals surface area contributed by atoms with Crippen molar-refractivity contribution >= 4 is 5.97 Å². The third kappa shape index (κ3) is 2.06. The summed E-state index contributed by atoms with van der Waals surface area (Å²) in [6, 6.07) is 11.2. The lowest BCUT2D eigenvalue weighted by molar-refractivity contribution is 0.0695. The summed E-state index contributed by atoms with van der Waals surface area (Å²) in [5.41, 5.74) is 2.26. The van der Waals surface area contributed by atoms with Gasteiger partial charge in [0.2, 0.25) is 0 Å². The summed E-state index contributed by atoms with van der Waals surface area (Å²) in [6.07, 6.45) is 0. The van der Waals surface area contributed by atoms with Crippen LogP contribution in [0, 0.1) is 11.3 Å². The summed E-state index contributed by atoms with van der Waals surface area (Å²) in [5.74, 6) is -0.984. The Morgan fingerprint density at radius 1 is 1.16 bits per heavy atom. The normalized spacial score (nSPS) is 11.3. The third-order valence-electron chi connectivity index (χ3n) is 3.15. The van der Waals surface area contributed by atoms with Gasteiger partial charge < -0.3 is 5.11 Å². The number of nitrogens with zero attached hydrogens (tertiary/aromatic N) is 1. The van der Waals surface area contributed by atoms with Crippen molar-refractivity contribution in [2.24, 2.45) is 0 Å². The van der Waals surface area contributed by atoms with Crippen LogP contribution >= 0.6 is 0 Å². The maximum absolute atomic E-state index is 11.6. The second-order valence-electron chi connectivity index (χ2n) is 5.53. The molecule has 0 spiro atoms. The van der Waals surface area contributed by atoms with Crippen LogP contribution in [-0.2, 0) is 5.41 Å². The van der Waals surface area contributed by atoms with Crippen LogP contribution in [0.3, 0.4) is 0 Å². The quantitative estimate of drug-likeness (QED) is 0.843. The molecule has 0 amide bonds. The second kappa shape index (κ2) is 4.40. The van der Waals surface area contributed by atoms with Crippen LogP contribution < -0.4 is 0 Å². The molecule has 0 heterocycles. The van der Waals surface area contributed by atoms with Crippen molar-refractivity contribution in [3.63, 3.8) is 0 Å². The van der Waals surface area contributed by atoms with Gasteiger partial charge in [-0.2, -0.15) is 5.26 Å². The molecule has 0 radical (unpaired) electrons. The van der Waals surface area contributed by atoms with E-state index in [2.05, 4.69) is 6.07 Å². The van der Waals surface area contributed by atoms with Crippen LogP contribution in [0.1, 0.15) is 42.3 Å². The Hall–Kier alpha value is -2.34. The molecule has 0 aromatic carbocycles. The molecule has 3 nitrogen and oxygen atoms in total. The number of carbonyl (C=O) groups is 1. The number of rotatable bonds is 1. The minimum Gasteiger partial charge on any atom is -0.478 e. The van der Waals surface area contributed by atoms with E-state index in [0.29, 0.717) is 22.3 Å². The molecule has 96 valence electrons. The number of carboxylic acid groups (broad SMARTS) is 1. The molecule has 1 N–H and O–H groups in total. The number of aromatic carboxylic acids is 1. The fourth-order valence-corrected chi connectivity index (χ4v) is 2.47. The van der Waals surface area contributed by atoms with Gasteiger partial charge in [-0.25, -0.2) is 4.79 Å². The van der Waals surface area contributed by atoms with Gasteiger partial charge in [0.1, 0.15) is 6.07 Å². The summed E-state index contributed by atoms with van der Waals surface area (Å²) >= 11 is 0. The molecule has 2 aliphatic carbocycles. The van der Waals surface area contributed by atoms with Crippen molar-refractivity contribution in [2.45, 2.75) is 26.2 Å². The SMILES string of the molecule is CC(C)(C)c1c(C#N)c2cccccc-2c1C(=O)O. The Balaban J connectivity index is 3.00. The zero-order valence-electron chi connectivity index (χ0n) is 11.2. The fourth-order valence-electron chi connectivity index (χ4n) is 2.47. The van der Waals surface area contributed by atoms with E-state index in [1.165, 1.54) is 0 Å². The molecule has 2 aliphatic rings. The Morgan fingerprint density at radius 2 is 1.74 bits per heavy atom. The van der Waals surface area contributed by atoms with Crippen LogP contribution in [0.4, 0.5) is 0 Å². The van der Waals surface area contributed by atoms with Crippen LogP contribution in [0.25, 0.3) is 11.1 Å². The van der Waals surface area contributed by atoms with Gasteiger partial charge in [0.15, 0.2) is 0 Å². The molecule has 0 atom stereocenters. The highest BCUT2D eigenvalue weighted by Gasteiger charge is 2.32. The van der Waals surface area contributed by atoms with E-state index in [1.54, 1.807) is 18.2 Å². The topological polar surface area (TPSA) is 61.1 Å². The predicted octanol–water partition coefficient (Wildman–Crippen LogP) is 3.66. The molecule has 2 rings (SSSR count). The zero-order chi connectivity index (χ0) is 14.2. The average Bonchev–Trinajstić information content (AvgIpc) is 2.45. The minimum atomic E-state index is -0.984. The third-order valence-corrected chi connectivity index (χ3v) is 3.15. The zero-order valence-corrected chi connectivity index (χ0v) is 11.2. The molecule has 0 saturated heterocycles. The average molecular weight is 253 g/mol. The molecule has 0 aromatic heterocycles. The van der Waals surface area contributed by atoms with E-state index in [4.69, 9.17) is 0 Å². The summed E-state index contributed by atoms with van der Waals surface area (Å²) < 4.78 is 0. The molecular weight excluding hydrogens is 238 g/mol. The number of fused-ring (bicyclic) bond motifs is 1. The predicted molar refractivity (Wildman–Crippen MR) is 73.4 cm³/mol. The van der Waals surface area contributed by atoms with Gasteiger partial charge in [0, 0.05) is 5.56 Å². The summed E-state index contributed by atoms with van der Waals surface area (Å²) in [6.45, 7) is 5.78. The molecule has 0 saturated carbocycles. The smallest absolute Gasteiger partial charge is 0.336 e. The van der Waals surface area contributed by atoms with Gasteiger partial charge in [0.05, 0.1) is 11.1 Å². The molecule has 3 heteroatoms. The number of nitriles is 1. The maximum atomic E-state index is 11.6. The lowest BCUT2D eigenvalue weighted by atomic mass is 9.84. The van der Waals surface area contributed by atoms with E-state index in [1.807, 2.05) is 32.9 Å². The van der Waals surface area contributed by atoms with Gasteiger partial charge in [-0.15, -0.1) is 0 Å². The van der Waals surface area contributed by atoms with Gasteiger partial charge in [0.25, 0.3) is 0 Å². The molecule has 0 fully saturated rings. The molecule has 0 aliphatic heterocycles. The van der Waals surface area contributed by atoms with Crippen molar-refractivity contribution in [3.05, 3.63) is 47.0 Å². The van der Waals surface area contributed by atoms with Gasteiger partial charge in [-0.1, -0.05) is 51.1 Å². The maximum Gasteiger partial charge on any atom is 0.336 e. The summed E-state index contributed by atoms with van der Waals surface area (Å²) in [7, 11) is 0. The number of carboxylic acids is 1. The van der Waals surface area contributed by atoms with Gasteiger partial charge in [-0.05, 0) is 16.5 Å². The first kappa shape index (κ1) is 13.1. The van der Waals surface area contributed by atoms with Crippen LogP contribution in [0.2, 0.25) is 0 Å². The molecule has 0 aromatic rings. The Kier molecular flexibility index (Phi) is 3.03. The van der Waals surface area contributed by atoms with Crippen LogP contribution in [0.15, 0.2) is 30.3 Å². The van der Waals surface area contributed by atoms with E-state index in [0.717, 1.165) is 0 Å². The van der Waals surface area contributed by atoms with E-state index in [9.17, 15) is 15.2 Å². The van der Waals surface area contributed by atoms with Crippen LogP contribution in [-0.4, -0.2) is 11.1 Å².